The van der Waals surface area contributed by atoms with Crippen molar-refractivity contribution < 1.29 is 9.59 Å². The van der Waals surface area contributed by atoms with Gasteiger partial charge in [-0.2, -0.15) is 5.10 Å². The number of hydrogen-bond donors (Lipinski definition) is 2. The van der Waals surface area contributed by atoms with Crippen LogP contribution in [0, 0.1) is 6.92 Å². The third kappa shape index (κ3) is 3.12. The summed E-state index contributed by atoms with van der Waals surface area (Å²) in [7, 11) is 0. The average Bonchev–Trinajstić information content (AvgIpc) is 3.23. The van der Waals surface area contributed by atoms with Gasteiger partial charge in [0.2, 0.25) is 11.8 Å². The molecule has 28 heavy (non-hydrogen) atoms. The van der Waals surface area contributed by atoms with E-state index in [0.29, 0.717) is 19.6 Å². The SMILES string of the molecule is CCn1c(C2CCN(C(=O)CC3C(=O)Nc4c(C)cccc43)CC2)n[nH]c1=O. The van der Waals surface area contributed by atoms with Gasteiger partial charge in [-0.15, -0.1) is 0 Å². The minimum atomic E-state index is -0.420. The number of hydrogen-bond acceptors (Lipinski definition) is 4. The van der Waals surface area contributed by atoms with Crippen LogP contribution in [-0.4, -0.2) is 44.6 Å². The van der Waals surface area contributed by atoms with Crippen molar-refractivity contribution >= 4 is 17.5 Å². The summed E-state index contributed by atoms with van der Waals surface area (Å²) in [5, 5.41) is 9.61. The first-order valence-electron chi connectivity index (χ1n) is 9.82. The van der Waals surface area contributed by atoms with E-state index >= 15 is 0 Å². The van der Waals surface area contributed by atoms with Gasteiger partial charge in [0.05, 0.1) is 5.92 Å². The van der Waals surface area contributed by atoms with E-state index < -0.39 is 5.92 Å². The van der Waals surface area contributed by atoms with Gasteiger partial charge < -0.3 is 10.2 Å². The number of aromatic amines is 1. The number of fused-ring (bicyclic) bond motifs is 1. The van der Waals surface area contributed by atoms with Crippen LogP contribution in [0.4, 0.5) is 5.69 Å². The number of aromatic nitrogens is 3. The minimum Gasteiger partial charge on any atom is -0.343 e. The molecule has 1 saturated heterocycles. The molecule has 3 heterocycles. The Kier molecular flexibility index (Phi) is 4.78. The van der Waals surface area contributed by atoms with Gasteiger partial charge in [0.15, 0.2) is 0 Å². The molecule has 0 aliphatic carbocycles. The Morgan fingerprint density at radius 3 is 2.71 bits per heavy atom. The molecule has 4 rings (SSSR count). The number of nitrogens with zero attached hydrogens (tertiary/aromatic N) is 3. The summed E-state index contributed by atoms with van der Waals surface area (Å²) in [5.41, 5.74) is 2.59. The molecule has 0 saturated carbocycles. The number of anilines is 1. The van der Waals surface area contributed by atoms with E-state index in [-0.39, 0.29) is 29.8 Å². The number of benzene rings is 1. The first-order valence-corrected chi connectivity index (χ1v) is 9.82. The Labute approximate surface area is 162 Å². The molecule has 0 spiro atoms. The van der Waals surface area contributed by atoms with Crippen molar-refractivity contribution in [2.75, 3.05) is 18.4 Å². The third-order valence-electron chi connectivity index (χ3n) is 5.94. The second kappa shape index (κ2) is 7.26. The highest BCUT2D eigenvalue weighted by molar-refractivity contribution is 6.05. The molecule has 2 N–H and O–H groups in total. The molecule has 1 aromatic carbocycles. The smallest absolute Gasteiger partial charge is 0.343 e. The maximum Gasteiger partial charge on any atom is 0.343 e. The second-order valence-corrected chi connectivity index (χ2v) is 7.57. The Morgan fingerprint density at radius 2 is 2.00 bits per heavy atom. The predicted molar refractivity (Wildman–Crippen MR) is 104 cm³/mol. The van der Waals surface area contributed by atoms with Crippen LogP contribution in [0.2, 0.25) is 0 Å². The minimum absolute atomic E-state index is 0.00265. The second-order valence-electron chi connectivity index (χ2n) is 7.57. The van der Waals surface area contributed by atoms with Gasteiger partial charge in [0.1, 0.15) is 5.82 Å². The highest BCUT2D eigenvalue weighted by Gasteiger charge is 2.35. The fourth-order valence-electron chi connectivity index (χ4n) is 4.34. The van der Waals surface area contributed by atoms with Crippen molar-refractivity contribution in [3.63, 3.8) is 0 Å². The maximum atomic E-state index is 12.8. The summed E-state index contributed by atoms with van der Waals surface area (Å²) in [5.74, 6) is 0.427. The Hall–Kier alpha value is -2.90. The number of piperidine rings is 1. The van der Waals surface area contributed by atoms with Gasteiger partial charge in [-0.25, -0.2) is 9.89 Å². The van der Waals surface area contributed by atoms with Crippen LogP contribution < -0.4 is 11.0 Å². The van der Waals surface area contributed by atoms with Crippen LogP contribution in [0.25, 0.3) is 0 Å². The normalized spacial score (nSPS) is 19.6. The van der Waals surface area contributed by atoms with E-state index in [1.165, 1.54) is 0 Å². The molecule has 1 aromatic heterocycles. The largest absolute Gasteiger partial charge is 0.343 e. The molecule has 0 radical (unpaired) electrons. The molecular formula is C20H25N5O3. The Bertz CT molecular complexity index is 968. The van der Waals surface area contributed by atoms with E-state index in [0.717, 1.165) is 35.5 Å². The van der Waals surface area contributed by atoms with Crippen molar-refractivity contribution in [1.29, 1.82) is 0 Å². The number of rotatable bonds is 4. The van der Waals surface area contributed by atoms with E-state index in [2.05, 4.69) is 15.5 Å². The molecule has 2 aliphatic rings. The lowest BCUT2D eigenvalue weighted by molar-refractivity contribution is -0.134. The lowest BCUT2D eigenvalue weighted by Crippen LogP contribution is -2.39. The fraction of sp³-hybridized carbons (Fsp3) is 0.500. The van der Waals surface area contributed by atoms with E-state index in [9.17, 15) is 14.4 Å². The van der Waals surface area contributed by atoms with Gasteiger partial charge in [-0.1, -0.05) is 18.2 Å². The molecule has 1 fully saturated rings. The van der Waals surface area contributed by atoms with Crippen LogP contribution in [0.15, 0.2) is 23.0 Å². The summed E-state index contributed by atoms with van der Waals surface area (Å²) in [6.07, 6.45) is 1.72. The highest BCUT2D eigenvalue weighted by Crippen LogP contribution is 2.37. The Balaban J connectivity index is 1.41. The van der Waals surface area contributed by atoms with Crippen molar-refractivity contribution in [3.8, 4) is 0 Å². The number of carbonyl (C=O) groups excluding carboxylic acids is 2. The standard InChI is InChI=1S/C20H25N5O3/c1-3-25-18(22-23-20(25)28)13-7-9-24(10-8-13)16(26)11-15-14-6-4-5-12(2)17(14)21-19(15)27/h4-6,13,15H,3,7-11H2,1-2H3,(H,21,27)(H,23,28). The third-order valence-corrected chi connectivity index (χ3v) is 5.94. The molecule has 148 valence electrons. The predicted octanol–water partition coefficient (Wildman–Crippen LogP) is 1.73. The van der Waals surface area contributed by atoms with Crippen LogP contribution in [0.5, 0.6) is 0 Å². The number of amides is 2. The zero-order valence-corrected chi connectivity index (χ0v) is 16.2. The first kappa shape index (κ1) is 18.5. The van der Waals surface area contributed by atoms with E-state index in [1.807, 2.05) is 36.9 Å². The lowest BCUT2D eigenvalue weighted by atomic mass is 9.93. The monoisotopic (exact) mass is 383 g/mol. The highest BCUT2D eigenvalue weighted by atomic mass is 16.2. The summed E-state index contributed by atoms with van der Waals surface area (Å²) in [4.78, 5) is 38.8. The summed E-state index contributed by atoms with van der Waals surface area (Å²) >= 11 is 0. The molecular weight excluding hydrogens is 358 g/mol. The van der Waals surface area contributed by atoms with Crippen molar-refractivity contribution in [3.05, 3.63) is 45.6 Å². The van der Waals surface area contributed by atoms with Gasteiger partial charge in [-0.05, 0) is 37.8 Å². The number of aryl methyl sites for hydroxylation is 1. The lowest BCUT2D eigenvalue weighted by Gasteiger charge is -2.32. The van der Waals surface area contributed by atoms with E-state index in [4.69, 9.17) is 0 Å². The number of nitrogens with one attached hydrogen (secondary N) is 2. The zero-order chi connectivity index (χ0) is 19.8. The molecule has 1 atom stereocenters. The fourth-order valence-corrected chi connectivity index (χ4v) is 4.34. The Morgan fingerprint density at radius 1 is 1.25 bits per heavy atom. The topological polar surface area (TPSA) is 100 Å². The quantitative estimate of drug-likeness (QED) is 0.840. The molecule has 0 bridgehead atoms. The molecule has 8 heteroatoms. The summed E-state index contributed by atoms with van der Waals surface area (Å²) < 4.78 is 1.66. The molecule has 2 aromatic rings. The van der Waals surface area contributed by atoms with Crippen LogP contribution in [0.1, 0.15) is 55.0 Å². The molecule has 2 amide bonds. The first-order chi connectivity index (χ1) is 13.5. The number of para-hydroxylation sites is 1. The zero-order valence-electron chi connectivity index (χ0n) is 16.2. The number of carbonyl (C=O) groups is 2. The number of likely N-dealkylation sites (tertiary alicyclic amines) is 1. The van der Waals surface area contributed by atoms with Gasteiger partial charge >= 0.3 is 5.69 Å². The number of H-pyrrole nitrogens is 1. The van der Waals surface area contributed by atoms with Crippen molar-refractivity contribution in [2.45, 2.75) is 51.5 Å². The van der Waals surface area contributed by atoms with E-state index in [1.54, 1.807) is 4.57 Å². The molecule has 2 aliphatic heterocycles. The van der Waals surface area contributed by atoms with Crippen LogP contribution >= 0.6 is 0 Å². The van der Waals surface area contributed by atoms with Crippen LogP contribution in [-0.2, 0) is 16.1 Å². The summed E-state index contributed by atoms with van der Waals surface area (Å²) in [6.45, 7) is 5.69. The average molecular weight is 383 g/mol. The summed E-state index contributed by atoms with van der Waals surface area (Å²) in [6, 6.07) is 5.81. The van der Waals surface area contributed by atoms with Gasteiger partial charge in [-0.3, -0.25) is 14.2 Å². The van der Waals surface area contributed by atoms with Gasteiger partial charge in [0, 0.05) is 37.7 Å². The van der Waals surface area contributed by atoms with Crippen molar-refractivity contribution in [1.82, 2.24) is 19.7 Å². The van der Waals surface area contributed by atoms with Crippen molar-refractivity contribution in [2.24, 2.45) is 0 Å². The maximum absolute atomic E-state index is 12.8. The van der Waals surface area contributed by atoms with Gasteiger partial charge in [0.25, 0.3) is 0 Å². The molecule has 1 unspecified atom stereocenters. The van der Waals surface area contributed by atoms with Crippen LogP contribution in [0.3, 0.4) is 0 Å². The molecule has 8 nitrogen and oxygen atoms in total.